The van der Waals surface area contributed by atoms with E-state index in [0.717, 1.165) is 55.7 Å². The molecule has 2 aliphatic heterocycles. The Balaban J connectivity index is 1.01. The average Bonchev–Trinajstić information content (AvgIpc) is 3.45. The van der Waals surface area contributed by atoms with Gasteiger partial charge in [-0.2, -0.15) is 18.3 Å². The maximum atomic E-state index is 13.3. The normalized spacial score (nSPS) is 17.4. The summed E-state index contributed by atoms with van der Waals surface area (Å²) in [5.74, 6) is 0.989. The number of halogens is 3. The van der Waals surface area contributed by atoms with Crippen molar-refractivity contribution >= 4 is 11.4 Å². The Morgan fingerprint density at radius 2 is 1.56 bits per heavy atom. The maximum Gasteiger partial charge on any atom is 0.416 e. The number of rotatable bonds is 7. The highest BCUT2D eigenvalue weighted by molar-refractivity contribution is 5.93. The molecule has 226 valence electrons. The zero-order valence-electron chi connectivity index (χ0n) is 24.1. The SMILES string of the molecule is COc1ccc(CN2CCC(c3ccn4nc(C(=O)N5CCN(Cc6ccc(C(F)(F)F)cc6)CC5)cc4c3)CC2)cn1. The standard InChI is InChI=1S/C32H35F3N6O2/c1-43-30-7-4-24(20-36-30)22-38-11-8-25(9-12-38)26-10-13-41-28(18-26)19-29(37-41)31(42)40-16-14-39(15-17-40)21-23-2-5-27(6-3-23)32(33,34)35/h2-7,10,13,18-20,25H,8-9,11-12,14-17,21-22H2,1H3. The molecular formula is C32H35F3N6O2. The van der Waals surface area contributed by atoms with Gasteiger partial charge in [0.05, 0.1) is 18.2 Å². The van der Waals surface area contributed by atoms with E-state index < -0.39 is 11.7 Å². The number of piperazine rings is 1. The van der Waals surface area contributed by atoms with E-state index in [0.29, 0.717) is 50.2 Å². The summed E-state index contributed by atoms with van der Waals surface area (Å²) in [4.78, 5) is 24.0. The number of hydrogen-bond donors (Lipinski definition) is 0. The number of benzene rings is 1. The number of methoxy groups -OCH3 is 1. The number of piperidine rings is 1. The molecule has 2 fully saturated rings. The quantitative estimate of drug-likeness (QED) is 0.298. The van der Waals surface area contributed by atoms with Gasteiger partial charge in [-0.05, 0) is 78.9 Å². The predicted molar refractivity (Wildman–Crippen MR) is 156 cm³/mol. The molecule has 0 N–H and O–H groups in total. The van der Waals surface area contributed by atoms with Crippen molar-refractivity contribution in [1.82, 2.24) is 29.3 Å². The molecule has 3 aromatic heterocycles. The Kier molecular flexibility index (Phi) is 8.36. The second-order valence-electron chi connectivity index (χ2n) is 11.4. The van der Waals surface area contributed by atoms with Crippen LogP contribution in [0.1, 0.15) is 51.5 Å². The number of alkyl halides is 3. The molecule has 43 heavy (non-hydrogen) atoms. The molecule has 2 aliphatic rings. The fraction of sp³-hybridized carbons (Fsp3) is 0.406. The Labute approximate surface area is 248 Å². The maximum absolute atomic E-state index is 13.3. The van der Waals surface area contributed by atoms with Crippen LogP contribution in [0.3, 0.4) is 0 Å². The Morgan fingerprint density at radius 3 is 2.21 bits per heavy atom. The summed E-state index contributed by atoms with van der Waals surface area (Å²) < 4.78 is 45.4. The summed E-state index contributed by atoms with van der Waals surface area (Å²) in [7, 11) is 1.62. The number of amides is 1. The summed E-state index contributed by atoms with van der Waals surface area (Å²) >= 11 is 0. The number of aromatic nitrogens is 3. The smallest absolute Gasteiger partial charge is 0.416 e. The van der Waals surface area contributed by atoms with E-state index in [9.17, 15) is 18.0 Å². The molecule has 5 heterocycles. The molecule has 1 amide bonds. The van der Waals surface area contributed by atoms with Crippen molar-refractivity contribution in [3.63, 3.8) is 0 Å². The minimum Gasteiger partial charge on any atom is -0.481 e. The first-order chi connectivity index (χ1) is 20.7. The van der Waals surface area contributed by atoms with Gasteiger partial charge < -0.3 is 9.64 Å². The van der Waals surface area contributed by atoms with Gasteiger partial charge >= 0.3 is 6.18 Å². The van der Waals surface area contributed by atoms with Crippen LogP contribution in [0.15, 0.2) is 67.0 Å². The lowest BCUT2D eigenvalue weighted by Crippen LogP contribution is -2.48. The lowest BCUT2D eigenvalue weighted by atomic mass is 9.89. The highest BCUT2D eigenvalue weighted by atomic mass is 19.4. The van der Waals surface area contributed by atoms with E-state index in [1.54, 1.807) is 16.5 Å². The van der Waals surface area contributed by atoms with Crippen LogP contribution in [0.4, 0.5) is 13.2 Å². The van der Waals surface area contributed by atoms with Crippen LogP contribution in [0.2, 0.25) is 0 Å². The van der Waals surface area contributed by atoms with Crippen LogP contribution in [-0.2, 0) is 19.3 Å². The van der Waals surface area contributed by atoms with Crippen molar-refractivity contribution < 1.29 is 22.7 Å². The summed E-state index contributed by atoms with van der Waals surface area (Å²) in [5, 5.41) is 4.56. The van der Waals surface area contributed by atoms with Gasteiger partial charge in [-0.3, -0.25) is 14.6 Å². The monoisotopic (exact) mass is 592 g/mol. The fourth-order valence-electron chi connectivity index (χ4n) is 6.01. The van der Waals surface area contributed by atoms with Crippen LogP contribution in [0.25, 0.3) is 5.52 Å². The molecule has 0 atom stereocenters. The second kappa shape index (κ2) is 12.3. The van der Waals surface area contributed by atoms with Crippen molar-refractivity contribution in [3.05, 3.63) is 94.9 Å². The lowest BCUT2D eigenvalue weighted by Gasteiger charge is -2.34. The van der Waals surface area contributed by atoms with E-state index in [-0.39, 0.29) is 5.91 Å². The number of carbonyl (C=O) groups is 1. The zero-order chi connectivity index (χ0) is 30.0. The summed E-state index contributed by atoms with van der Waals surface area (Å²) in [6.45, 7) is 5.84. The number of carbonyl (C=O) groups excluding carboxylic acids is 1. The first-order valence-electron chi connectivity index (χ1n) is 14.6. The molecule has 11 heteroatoms. The number of likely N-dealkylation sites (tertiary alicyclic amines) is 1. The predicted octanol–water partition coefficient (Wildman–Crippen LogP) is 5.09. The highest BCUT2D eigenvalue weighted by Gasteiger charge is 2.30. The van der Waals surface area contributed by atoms with Gasteiger partial charge in [0.15, 0.2) is 5.69 Å². The molecule has 0 bridgehead atoms. The van der Waals surface area contributed by atoms with Crippen molar-refractivity contribution in [2.45, 2.75) is 38.0 Å². The lowest BCUT2D eigenvalue weighted by molar-refractivity contribution is -0.137. The van der Waals surface area contributed by atoms with Crippen molar-refractivity contribution in [3.8, 4) is 5.88 Å². The molecule has 2 saturated heterocycles. The van der Waals surface area contributed by atoms with Gasteiger partial charge in [0.2, 0.25) is 5.88 Å². The summed E-state index contributed by atoms with van der Waals surface area (Å²) in [5.41, 5.74) is 3.97. The Morgan fingerprint density at radius 1 is 0.884 bits per heavy atom. The summed E-state index contributed by atoms with van der Waals surface area (Å²) in [6.07, 6.45) is 1.62. The van der Waals surface area contributed by atoms with E-state index in [4.69, 9.17) is 4.74 Å². The van der Waals surface area contributed by atoms with Crippen molar-refractivity contribution in [2.75, 3.05) is 46.4 Å². The van der Waals surface area contributed by atoms with E-state index >= 15 is 0 Å². The zero-order valence-corrected chi connectivity index (χ0v) is 24.1. The van der Waals surface area contributed by atoms with Crippen LogP contribution < -0.4 is 4.74 Å². The summed E-state index contributed by atoms with van der Waals surface area (Å²) in [6, 6.07) is 15.4. The molecule has 4 aromatic rings. The molecule has 0 spiro atoms. The first-order valence-corrected chi connectivity index (χ1v) is 14.6. The van der Waals surface area contributed by atoms with Crippen molar-refractivity contribution in [1.29, 1.82) is 0 Å². The third kappa shape index (κ3) is 6.83. The van der Waals surface area contributed by atoms with Gasteiger partial charge in [-0.15, -0.1) is 0 Å². The van der Waals surface area contributed by atoms with Crippen LogP contribution in [0.5, 0.6) is 5.88 Å². The number of hydrogen-bond acceptors (Lipinski definition) is 6. The average molecular weight is 593 g/mol. The molecule has 8 nitrogen and oxygen atoms in total. The number of pyridine rings is 2. The molecule has 1 aromatic carbocycles. The number of fused-ring (bicyclic) bond motifs is 1. The topological polar surface area (TPSA) is 66.2 Å². The Hall–Kier alpha value is -3.96. The Bertz CT molecular complexity index is 1540. The number of ether oxygens (including phenoxy) is 1. The van der Waals surface area contributed by atoms with Gasteiger partial charge in [0.1, 0.15) is 0 Å². The number of nitrogens with zero attached hydrogens (tertiary/aromatic N) is 6. The molecule has 0 aliphatic carbocycles. The van der Waals surface area contributed by atoms with Crippen molar-refractivity contribution in [2.24, 2.45) is 0 Å². The highest BCUT2D eigenvalue weighted by Crippen LogP contribution is 2.31. The van der Waals surface area contributed by atoms with Crippen LogP contribution >= 0.6 is 0 Å². The third-order valence-electron chi connectivity index (χ3n) is 8.53. The van der Waals surface area contributed by atoms with E-state index in [2.05, 4.69) is 38.1 Å². The molecular weight excluding hydrogens is 557 g/mol. The van der Waals surface area contributed by atoms with Crippen LogP contribution in [-0.4, -0.2) is 81.6 Å². The minimum atomic E-state index is -4.33. The van der Waals surface area contributed by atoms with Gasteiger partial charge in [-0.25, -0.2) is 9.50 Å². The van der Waals surface area contributed by atoms with Gasteiger partial charge in [-0.1, -0.05) is 18.2 Å². The minimum absolute atomic E-state index is 0.0965. The molecule has 6 rings (SSSR count). The fourth-order valence-corrected chi connectivity index (χ4v) is 6.01. The van der Waals surface area contributed by atoms with E-state index in [1.165, 1.54) is 23.3 Å². The largest absolute Gasteiger partial charge is 0.481 e. The molecule has 0 saturated carbocycles. The van der Waals surface area contributed by atoms with Gasteiger partial charge in [0.25, 0.3) is 5.91 Å². The van der Waals surface area contributed by atoms with E-state index in [1.807, 2.05) is 24.5 Å². The van der Waals surface area contributed by atoms with Crippen LogP contribution in [0, 0.1) is 0 Å². The third-order valence-corrected chi connectivity index (χ3v) is 8.53. The first kappa shape index (κ1) is 29.1. The second-order valence-corrected chi connectivity index (χ2v) is 11.4. The molecule has 0 unspecified atom stereocenters. The molecule has 0 radical (unpaired) electrons. The van der Waals surface area contributed by atoms with Gasteiger partial charge in [0, 0.05) is 57.7 Å².